The van der Waals surface area contributed by atoms with Gasteiger partial charge in [-0.2, -0.15) is 0 Å². The molecule has 5 heteroatoms. The number of hydrogen-bond acceptors (Lipinski definition) is 3. The molecule has 0 aromatic carbocycles. The van der Waals surface area contributed by atoms with E-state index in [1.54, 1.807) is 20.9 Å². The van der Waals surface area contributed by atoms with Crippen LogP contribution in [0.3, 0.4) is 0 Å². The van der Waals surface area contributed by atoms with Gasteiger partial charge < -0.3 is 15.3 Å². The molecule has 2 amide bonds. The van der Waals surface area contributed by atoms with Gasteiger partial charge in [0.05, 0.1) is 12.1 Å². The molecule has 0 aliphatic heterocycles. The number of carbonyl (C=O) groups is 2. The van der Waals surface area contributed by atoms with E-state index in [0.717, 1.165) is 6.42 Å². The second kappa shape index (κ2) is 6.48. The third-order valence-corrected chi connectivity index (χ3v) is 1.96. The first kappa shape index (κ1) is 14.9. The van der Waals surface area contributed by atoms with Gasteiger partial charge >= 0.3 is 0 Å². The summed E-state index contributed by atoms with van der Waals surface area (Å²) >= 11 is 0. The number of hydrogen-bond donors (Lipinski definition) is 2. The topological polar surface area (TPSA) is 69.6 Å². The maximum absolute atomic E-state index is 11.5. The lowest BCUT2D eigenvalue weighted by Gasteiger charge is -2.25. The molecule has 0 radical (unpaired) electrons. The van der Waals surface area contributed by atoms with Crippen molar-refractivity contribution in [2.24, 2.45) is 0 Å². The van der Waals surface area contributed by atoms with Gasteiger partial charge in [-0.25, -0.2) is 0 Å². The summed E-state index contributed by atoms with van der Waals surface area (Å²) in [5, 5.41) is 12.1. The highest BCUT2D eigenvalue weighted by molar-refractivity contribution is 5.84. The predicted molar refractivity (Wildman–Crippen MR) is 61.9 cm³/mol. The number of carbonyl (C=O) groups excluding carboxylic acids is 2. The van der Waals surface area contributed by atoms with E-state index in [1.165, 1.54) is 4.90 Å². The van der Waals surface area contributed by atoms with Crippen LogP contribution in [0.15, 0.2) is 0 Å². The molecule has 0 saturated carbocycles. The maximum atomic E-state index is 11.5. The van der Waals surface area contributed by atoms with Gasteiger partial charge in [0.2, 0.25) is 11.8 Å². The van der Waals surface area contributed by atoms with E-state index in [2.05, 4.69) is 5.32 Å². The number of amides is 2. The van der Waals surface area contributed by atoms with Crippen LogP contribution in [0.2, 0.25) is 0 Å². The fourth-order valence-corrected chi connectivity index (χ4v) is 1.29. The van der Waals surface area contributed by atoms with Gasteiger partial charge in [0.25, 0.3) is 0 Å². The van der Waals surface area contributed by atoms with Gasteiger partial charge in [0.15, 0.2) is 0 Å². The molecule has 0 aromatic heterocycles. The lowest BCUT2D eigenvalue weighted by Crippen LogP contribution is -2.44. The van der Waals surface area contributed by atoms with Crippen LogP contribution in [0.5, 0.6) is 0 Å². The Morgan fingerprint density at radius 3 is 2.38 bits per heavy atom. The van der Waals surface area contributed by atoms with Gasteiger partial charge in [-0.15, -0.1) is 0 Å². The van der Waals surface area contributed by atoms with E-state index in [4.69, 9.17) is 0 Å². The van der Waals surface area contributed by atoms with Crippen LogP contribution in [0, 0.1) is 0 Å². The summed E-state index contributed by atoms with van der Waals surface area (Å²) in [4.78, 5) is 24.1. The van der Waals surface area contributed by atoms with Crippen molar-refractivity contribution in [3.8, 4) is 0 Å². The van der Waals surface area contributed by atoms with E-state index >= 15 is 0 Å². The largest absolute Gasteiger partial charge is 0.389 e. The Morgan fingerprint density at radius 1 is 1.38 bits per heavy atom. The van der Waals surface area contributed by atoms with Gasteiger partial charge in [0, 0.05) is 20.0 Å². The average Bonchev–Trinajstić information content (AvgIpc) is 2.11. The molecule has 5 nitrogen and oxygen atoms in total. The van der Waals surface area contributed by atoms with Crippen molar-refractivity contribution < 1.29 is 14.7 Å². The van der Waals surface area contributed by atoms with Crippen molar-refractivity contribution in [1.29, 1.82) is 0 Å². The predicted octanol–water partition coefficient (Wildman–Crippen LogP) is 0.132. The lowest BCUT2D eigenvalue weighted by molar-refractivity contribution is -0.133. The molecule has 2 N–H and O–H groups in total. The minimum Gasteiger partial charge on any atom is -0.389 e. The Hall–Kier alpha value is -1.10. The first-order chi connectivity index (χ1) is 7.26. The molecule has 0 saturated heterocycles. The molecule has 0 spiro atoms. The number of aliphatic hydroxyl groups is 1. The molecule has 0 atom stereocenters. The molecule has 94 valence electrons. The summed E-state index contributed by atoms with van der Waals surface area (Å²) in [6.45, 7) is 5.40. The smallest absolute Gasteiger partial charge is 0.241 e. The summed E-state index contributed by atoms with van der Waals surface area (Å²) < 4.78 is 0. The normalized spacial score (nSPS) is 11.1. The van der Waals surface area contributed by atoms with E-state index in [0.29, 0.717) is 6.42 Å². The highest BCUT2D eigenvalue weighted by Gasteiger charge is 2.19. The Kier molecular flexibility index (Phi) is 6.03. The van der Waals surface area contributed by atoms with Crippen LogP contribution < -0.4 is 5.32 Å². The van der Waals surface area contributed by atoms with Gasteiger partial charge in [-0.1, -0.05) is 6.92 Å². The summed E-state index contributed by atoms with van der Waals surface area (Å²) in [7, 11) is 1.60. The Balaban J connectivity index is 3.93. The number of nitrogens with one attached hydrogen (secondary N) is 1. The standard InChI is InChI=1S/C11H22N2O3/c1-5-6-9(14)12-7-10(15)13(4)8-11(2,3)16/h16H,5-8H2,1-4H3,(H,12,14). The molecule has 0 aliphatic carbocycles. The minimum absolute atomic E-state index is 0.00852. The van der Waals surface area contributed by atoms with Crippen molar-refractivity contribution >= 4 is 11.8 Å². The number of likely N-dealkylation sites (N-methyl/N-ethyl adjacent to an activating group) is 1. The van der Waals surface area contributed by atoms with E-state index < -0.39 is 5.60 Å². The van der Waals surface area contributed by atoms with E-state index in [-0.39, 0.29) is 24.9 Å². The Morgan fingerprint density at radius 2 is 1.94 bits per heavy atom. The molecule has 0 bridgehead atoms. The van der Waals surface area contributed by atoms with Crippen LogP contribution in [0.1, 0.15) is 33.6 Å². The molecule has 0 rings (SSSR count). The van der Waals surface area contributed by atoms with Crippen molar-refractivity contribution in [3.05, 3.63) is 0 Å². The van der Waals surface area contributed by atoms with Gasteiger partial charge in [-0.05, 0) is 20.3 Å². The zero-order chi connectivity index (χ0) is 12.8. The molecule has 0 aliphatic rings. The molecular formula is C11H22N2O3. The first-order valence-corrected chi connectivity index (χ1v) is 5.49. The maximum Gasteiger partial charge on any atom is 0.241 e. The van der Waals surface area contributed by atoms with Gasteiger partial charge in [-0.3, -0.25) is 9.59 Å². The zero-order valence-corrected chi connectivity index (χ0v) is 10.5. The summed E-state index contributed by atoms with van der Waals surface area (Å²) in [5.41, 5.74) is -0.919. The Labute approximate surface area is 96.8 Å². The molecule has 0 aromatic rings. The lowest BCUT2D eigenvalue weighted by atomic mass is 10.1. The van der Waals surface area contributed by atoms with Crippen LogP contribution in [0.4, 0.5) is 0 Å². The summed E-state index contributed by atoms with van der Waals surface area (Å²) in [6.07, 6.45) is 1.20. The van der Waals surface area contributed by atoms with Crippen molar-refractivity contribution in [3.63, 3.8) is 0 Å². The van der Waals surface area contributed by atoms with Crippen LogP contribution in [-0.2, 0) is 9.59 Å². The number of rotatable bonds is 6. The average molecular weight is 230 g/mol. The van der Waals surface area contributed by atoms with E-state index in [9.17, 15) is 14.7 Å². The molecule has 0 unspecified atom stereocenters. The van der Waals surface area contributed by atoms with Gasteiger partial charge in [0.1, 0.15) is 0 Å². The van der Waals surface area contributed by atoms with Crippen molar-refractivity contribution in [2.75, 3.05) is 20.1 Å². The highest BCUT2D eigenvalue weighted by atomic mass is 16.3. The highest BCUT2D eigenvalue weighted by Crippen LogP contribution is 2.02. The van der Waals surface area contributed by atoms with Crippen LogP contribution in [-0.4, -0.2) is 47.6 Å². The minimum atomic E-state index is -0.919. The third-order valence-electron chi connectivity index (χ3n) is 1.96. The quantitative estimate of drug-likeness (QED) is 0.681. The Bertz CT molecular complexity index is 246. The molecular weight excluding hydrogens is 208 g/mol. The SMILES string of the molecule is CCCC(=O)NCC(=O)N(C)CC(C)(C)O. The fourth-order valence-electron chi connectivity index (χ4n) is 1.29. The second-order valence-electron chi connectivity index (χ2n) is 4.59. The van der Waals surface area contributed by atoms with E-state index in [1.807, 2.05) is 6.92 Å². The monoisotopic (exact) mass is 230 g/mol. The second-order valence-corrected chi connectivity index (χ2v) is 4.59. The van der Waals surface area contributed by atoms with Crippen LogP contribution >= 0.6 is 0 Å². The molecule has 0 fully saturated rings. The van der Waals surface area contributed by atoms with Crippen molar-refractivity contribution in [1.82, 2.24) is 10.2 Å². The first-order valence-electron chi connectivity index (χ1n) is 5.49. The zero-order valence-electron chi connectivity index (χ0n) is 10.5. The molecule has 0 heterocycles. The van der Waals surface area contributed by atoms with Crippen molar-refractivity contribution in [2.45, 2.75) is 39.2 Å². The van der Waals surface area contributed by atoms with Crippen LogP contribution in [0.25, 0.3) is 0 Å². The third kappa shape index (κ3) is 7.23. The number of nitrogens with zero attached hydrogens (tertiary/aromatic N) is 1. The summed E-state index contributed by atoms with van der Waals surface area (Å²) in [5.74, 6) is -0.320. The molecule has 16 heavy (non-hydrogen) atoms. The summed E-state index contributed by atoms with van der Waals surface area (Å²) in [6, 6.07) is 0. The fraction of sp³-hybridized carbons (Fsp3) is 0.818.